The number of nitrogens with two attached hydrogens (primary N) is 1. The highest BCUT2D eigenvalue weighted by atomic mass is 35.5. The van der Waals surface area contributed by atoms with Crippen LogP contribution in [0.4, 0.5) is 4.39 Å². The summed E-state index contributed by atoms with van der Waals surface area (Å²) >= 11 is 0. The second-order valence-corrected chi connectivity index (χ2v) is 7.06. The Morgan fingerprint density at radius 2 is 1.88 bits per heavy atom. The summed E-state index contributed by atoms with van der Waals surface area (Å²) in [4.78, 5) is 27.6. The average Bonchev–Trinajstić information content (AvgIpc) is 2.68. The summed E-state index contributed by atoms with van der Waals surface area (Å²) in [6.07, 6.45) is 2.81. The van der Waals surface area contributed by atoms with Crippen molar-refractivity contribution in [3.05, 3.63) is 35.6 Å². The van der Waals surface area contributed by atoms with E-state index >= 15 is 0 Å². The fourth-order valence-electron chi connectivity index (χ4n) is 3.83. The molecule has 26 heavy (non-hydrogen) atoms. The van der Waals surface area contributed by atoms with Crippen molar-refractivity contribution in [1.29, 1.82) is 0 Å². The predicted molar refractivity (Wildman–Crippen MR) is 98.8 cm³/mol. The van der Waals surface area contributed by atoms with E-state index in [4.69, 9.17) is 10.5 Å². The van der Waals surface area contributed by atoms with Crippen molar-refractivity contribution in [1.82, 2.24) is 4.90 Å². The number of ketones is 1. The van der Waals surface area contributed by atoms with Crippen molar-refractivity contribution >= 4 is 24.1 Å². The first-order chi connectivity index (χ1) is 12.1. The van der Waals surface area contributed by atoms with Crippen molar-refractivity contribution < 1.29 is 18.7 Å². The van der Waals surface area contributed by atoms with Crippen molar-refractivity contribution in [3.8, 4) is 0 Å². The lowest BCUT2D eigenvalue weighted by molar-refractivity contribution is -0.148. The Morgan fingerprint density at radius 1 is 1.23 bits per heavy atom. The van der Waals surface area contributed by atoms with Crippen molar-refractivity contribution in [2.45, 2.75) is 25.7 Å². The van der Waals surface area contributed by atoms with Crippen LogP contribution in [0.5, 0.6) is 0 Å². The maximum Gasteiger partial charge on any atom is 0.230 e. The zero-order valence-corrected chi connectivity index (χ0v) is 15.6. The van der Waals surface area contributed by atoms with E-state index in [1.807, 2.05) is 0 Å². The third kappa shape index (κ3) is 4.24. The van der Waals surface area contributed by atoms with Crippen LogP contribution < -0.4 is 5.73 Å². The van der Waals surface area contributed by atoms with Crippen LogP contribution >= 0.6 is 12.4 Å². The highest BCUT2D eigenvalue weighted by Crippen LogP contribution is 2.33. The normalized spacial score (nSPS) is 22.4. The van der Waals surface area contributed by atoms with Crippen LogP contribution in [0, 0.1) is 17.2 Å². The van der Waals surface area contributed by atoms with Crippen LogP contribution in [0.3, 0.4) is 0 Å². The number of hydrogen-bond donors (Lipinski definition) is 1. The van der Waals surface area contributed by atoms with Crippen LogP contribution in [0.15, 0.2) is 24.3 Å². The van der Waals surface area contributed by atoms with Gasteiger partial charge in [0.05, 0.1) is 5.41 Å². The minimum atomic E-state index is -0.556. The van der Waals surface area contributed by atoms with Gasteiger partial charge in [0.15, 0.2) is 5.78 Å². The van der Waals surface area contributed by atoms with E-state index in [0.717, 1.165) is 12.8 Å². The van der Waals surface area contributed by atoms with E-state index in [9.17, 15) is 14.0 Å². The summed E-state index contributed by atoms with van der Waals surface area (Å²) < 4.78 is 18.4. The molecule has 0 spiro atoms. The van der Waals surface area contributed by atoms with Gasteiger partial charge in [0.25, 0.3) is 0 Å². The summed E-state index contributed by atoms with van der Waals surface area (Å²) in [7, 11) is 0. The second kappa shape index (κ2) is 8.93. The smallest absolute Gasteiger partial charge is 0.230 e. The third-order valence-corrected chi connectivity index (χ3v) is 5.50. The minimum absolute atomic E-state index is 0. The maximum absolute atomic E-state index is 13.1. The number of likely N-dealkylation sites (tertiary alicyclic amines) is 1. The first kappa shape index (κ1) is 20.8. The zero-order valence-electron chi connectivity index (χ0n) is 14.8. The Balaban J connectivity index is 0.00000243. The van der Waals surface area contributed by atoms with Crippen LogP contribution in [0.25, 0.3) is 0 Å². The lowest BCUT2D eigenvalue weighted by Gasteiger charge is -2.41. The maximum atomic E-state index is 13.1. The molecule has 1 aromatic rings. The Hall–Kier alpha value is -1.50. The summed E-state index contributed by atoms with van der Waals surface area (Å²) in [6, 6.07) is 5.62. The van der Waals surface area contributed by atoms with Crippen LogP contribution in [0.2, 0.25) is 0 Å². The van der Waals surface area contributed by atoms with Gasteiger partial charge in [-0.25, -0.2) is 4.39 Å². The van der Waals surface area contributed by atoms with Crippen LogP contribution in [-0.2, 0) is 9.53 Å². The number of nitrogens with zero attached hydrogens (tertiary/aromatic N) is 1. The number of amides is 1. The van der Waals surface area contributed by atoms with Gasteiger partial charge in [0.2, 0.25) is 5.91 Å². The molecule has 0 bridgehead atoms. The number of piperidine rings is 1. The minimum Gasteiger partial charge on any atom is -0.381 e. The monoisotopic (exact) mass is 384 g/mol. The summed E-state index contributed by atoms with van der Waals surface area (Å²) in [6.45, 7) is 2.48. The average molecular weight is 385 g/mol. The summed E-state index contributed by atoms with van der Waals surface area (Å²) in [5.41, 5.74) is 5.88. The molecule has 2 N–H and O–H groups in total. The molecule has 0 saturated carbocycles. The molecule has 2 aliphatic rings. The molecule has 1 aromatic carbocycles. The Morgan fingerprint density at radius 3 is 2.50 bits per heavy atom. The third-order valence-electron chi connectivity index (χ3n) is 5.50. The van der Waals surface area contributed by atoms with Gasteiger partial charge in [-0.3, -0.25) is 9.59 Å². The first-order valence-corrected chi connectivity index (χ1v) is 8.93. The van der Waals surface area contributed by atoms with Crippen molar-refractivity contribution in [2.24, 2.45) is 17.1 Å². The van der Waals surface area contributed by atoms with E-state index in [1.54, 1.807) is 4.90 Å². The topological polar surface area (TPSA) is 72.6 Å². The molecule has 2 fully saturated rings. The fraction of sp³-hybridized carbons (Fsp3) is 0.579. The molecule has 7 heteroatoms. The molecule has 1 unspecified atom stereocenters. The Kier molecular flexibility index (Phi) is 7.15. The van der Waals surface area contributed by atoms with Gasteiger partial charge in [-0.05, 0) is 49.9 Å². The molecule has 0 aliphatic carbocycles. The molecule has 0 aromatic heterocycles. The van der Waals surface area contributed by atoms with Gasteiger partial charge in [0, 0.05) is 44.3 Å². The molecule has 2 aliphatic heterocycles. The predicted octanol–water partition coefficient (Wildman–Crippen LogP) is 2.42. The molecule has 0 radical (unpaired) electrons. The van der Waals surface area contributed by atoms with E-state index < -0.39 is 5.41 Å². The molecule has 144 valence electrons. The number of halogens is 2. The molecule has 1 amide bonds. The Labute approximate surface area is 159 Å². The van der Waals surface area contributed by atoms with E-state index in [1.165, 1.54) is 24.3 Å². The number of hydrogen-bond acceptors (Lipinski definition) is 4. The number of carbonyl (C=O) groups is 2. The fourth-order valence-corrected chi connectivity index (χ4v) is 3.83. The van der Waals surface area contributed by atoms with Gasteiger partial charge in [-0.1, -0.05) is 0 Å². The van der Waals surface area contributed by atoms with Gasteiger partial charge in [0.1, 0.15) is 5.82 Å². The molecule has 1 atom stereocenters. The van der Waals surface area contributed by atoms with Gasteiger partial charge in [-0.15, -0.1) is 12.4 Å². The number of carbonyl (C=O) groups excluding carboxylic acids is 2. The lowest BCUT2D eigenvalue weighted by Crippen LogP contribution is -2.53. The molecule has 2 saturated heterocycles. The van der Waals surface area contributed by atoms with Gasteiger partial charge >= 0.3 is 0 Å². The van der Waals surface area contributed by atoms with Gasteiger partial charge in [-0.2, -0.15) is 0 Å². The number of rotatable bonds is 4. The van der Waals surface area contributed by atoms with Gasteiger partial charge < -0.3 is 15.4 Å². The second-order valence-electron chi connectivity index (χ2n) is 7.06. The van der Waals surface area contributed by atoms with E-state index in [-0.39, 0.29) is 35.8 Å². The molecule has 5 nitrogen and oxygen atoms in total. The van der Waals surface area contributed by atoms with Crippen LogP contribution in [0.1, 0.15) is 36.0 Å². The highest BCUT2D eigenvalue weighted by molar-refractivity contribution is 5.98. The van der Waals surface area contributed by atoms with E-state index in [0.29, 0.717) is 51.3 Å². The highest BCUT2D eigenvalue weighted by Gasteiger charge is 2.43. The van der Waals surface area contributed by atoms with Crippen molar-refractivity contribution in [3.63, 3.8) is 0 Å². The summed E-state index contributed by atoms with van der Waals surface area (Å²) in [5, 5.41) is 0. The quantitative estimate of drug-likeness (QED) is 0.809. The SMILES string of the molecule is Cl.NCC1(C(=O)N2CCCC(C(=O)c3ccc(F)cc3)C2)CCOCC1. The first-order valence-electron chi connectivity index (χ1n) is 8.93. The Bertz CT molecular complexity index is 632. The lowest BCUT2D eigenvalue weighted by atomic mass is 9.78. The van der Waals surface area contributed by atoms with Crippen molar-refractivity contribution in [2.75, 3.05) is 32.8 Å². The molecular formula is C19H26ClFN2O3. The molecular weight excluding hydrogens is 359 g/mol. The largest absolute Gasteiger partial charge is 0.381 e. The number of ether oxygens (including phenoxy) is 1. The zero-order chi connectivity index (χ0) is 17.9. The number of Topliss-reactive ketones (excluding diaryl/α,β-unsaturated/α-hetero) is 1. The van der Waals surface area contributed by atoms with Crippen LogP contribution in [-0.4, -0.2) is 49.4 Å². The molecule has 3 rings (SSSR count). The van der Waals surface area contributed by atoms with E-state index in [2.05, 4.69) is 0 Å². The molecule has 2 heterocycles. The number of benzene rings is 1. The summed E-state index contributed by atoms with van der Waals surface area (Å²) in [5.74, 6) is -0.569. The standard InChI is InChI=1S/C19H25FN2O3.ClH/c20-16-5-3-14(4-6-16)17(23)15-2-1-9-22(12-15)18(24)19(13-21)7-10-25-11-8-19;/h3-6,15H,1-2,7-13,21H2;1H.